The van der Waals surface area contributed by atoms with E-state index < -0.39 is 24.0 Å². The fourth-order valence-electron chi connectivity index (χ4n) is 6.64. The summed E-state index contributed by atoms with van der Waals surface area (Å²) in [7, 11) is 4.43. The van der Waals surface area contributed by atoms with Crippen LogP contribution in [0.25, 0.3) is 0 Å². The van der Waals surface area contributed by atoms with E-state index >= 15 is 4.39 Å². The van der Waals surface area contributed by atoms with Gasteiger partial charge in [0.05, 0.1) is 39.1 Å². The molecule has 3 aromatic carbocycles. The van der Waals surface area contributed by atoms with Gasteiger partial charge in [0.1, 0.15) is 28.0 Å². The number of nitrogens with zero attached hydrogens (tertiary/aromatic N) is 3. The molecule has 274 valence electrons. The molecule has 3 saturated heterocycles. The maximum Gasteiger partial charge on any atom is 0.415 e. The highest BCUT2D eigenvalue weighted by atomic mass is 35.5. The van der Waals surface area contributed by atoms with E-state index in [1.807, 2.05) is 0 Å². The monoisotopic (exact) mass is 753 g/mol. The van der Waals surface area contributed by atoms with Crippen LogP contribution in [0, 0.1) is 16.9 Å². The van der Waals surface area contributed by atoms with Crippen LogP contribution in [0.2, 0.25) is 10.0 Å². The number of rotatable bonds is 12. The Kier molecular flexibility index (Phi) is 11.6. The summed E-state index contributed by atoms with van der Waals surface area (Å²) < 4.78 is 43.9. The molecule has 1 amide bonds. The van der Waals surface area contributed by atoms with Crippen molar-refractivity contribution in [1.29, 1.82) is 0 Å². The molecular weight excluding hydrogens is 716 g/mol. The highest BCUT2D eigenvalue weighted by Crippen LogP contribution is 2.36. The molecule has 2 bridgehead atoms. The van der Waals surface area contributed by atoms with Crippen molar-refractivity contribution in [2.24, 2.45) is 5.92 Å². The summed E-state index contributed by atoms with van der Waals surface area (Å²) in [6.45, 7) is 2.58. The first kappa shape index (κ1) is 37.0. The number of carbonyl (C=O) groups is 2. The number of esters is 1. The van der Waals surface area contributed by atoms with Gasteiger partial charge in [-0.1, -0.05) is 41.4 Å². The van der Waals surface area contributed by atoms with Gasteiger partial charge in [-0.05, 0) is 79.4 Å². The van der Waals surface area contributed by atoms with Crippen LogP contribution in [0.15, 0.2) is 73.1 Å². The third-order valence-corrected chi connectivity index (χ3v) is 10.2. The Balaban J connectivity index is 1.23. The number of ether oxygens (including phenoxy) is 5. The highest BCUT2D eigenvalue weighted by molar-refractivity contribution is 6.35. The zero-order valence-corrected chi connectivity index (χ0v) is 30.4. The molecule has 4 aromatic rings. The molecule has 7 rings (SSSR count). The van der Waals surface area contributed by atoms with E-state index in [1.54, 1.807) is 48.5 Å². The molecule has 4 heterocycles. The number of halogens is 3. The summed E-state index contributed by atoms with van der Waals surface area (Å²) in [5, 5.41) is 12.1. The largest absolute Gasteiger partial charge is 0.619 e. The number of aromatic nitrogens is 1. The Morgan fingerprint density at radius 1 is 0.942 bits per heavy atom. The number of fused-ring (bicyclic) bond motifs is 3. The minimum Gasteiger partial charge on any atom is -0.619 e. The average molecular weight is 755 g/mol. The number of carbonyl (C=O) groups excluding carboxylic acids is 2. The molecule has 0 radical (unpaired) electrons. The summed E-state index contributed by atoms with van der Waals surface area (Å²) >= 11 is 12.8. The number of amides is 1. The van der Waals surface area contributed by atoms with Gasteiger partial charge in [-0.25, -0.2) is 14.0 Å². The van der Waals surface area contributed by atoms with Crippen molar-refractivity contribution in [2.75, 3.05) is 45.9 Å². The van der Waals surface area contributed by atoms with Crippen molar-refractivity contribution >= 4 is 41.0 Å². The van der Waals surface area contributed by atoms with E-state index in [0.29, 0.717) is 45.2 Å². The number of hydrogen-bond acceptors (Lipinski definition) is 9. The summed E-state index contributed by atoms with van der Waals surface area (Å²) in [6.07, 6.45) is 2.43. The lowest BCUT2D eigenvalue weighted by Crippen LogP contribution is -2.53. The van der Waals surface area contributed by atoms with Crippen LogP contribution in [-0.2, 0) is 22.4 Å². The molecule has 1 aromatic heterocycles. The van der Waals surface area contributed by atoms with Crippen LogP contribution >= 0.6 is 23.2 Å². The molecule has 11 nitrogen and oxygen atoms in total. The van der Waals surface area contributed by atoms with Crippen LogP contribution in [0.5, 0.6) is 17.2 Å². The molecule has 0 N–H and O–H groups in total. The lowest BCUT2D eigenvalue weighted by molar-refractivity contribution is -0.605. The van der Waals surface area contributed by atoms with Crippen LogP contribution in [-0.4, -0.2) is 64.0 Å². The van der Waals surface area contributed by atoms with E-state index in [2.05, 4.69) is 4.90 Å². The Morgan fingerprint density at radius 3 is 2.23 bits per heavy atom. The predicted octanol–water partition coefficient (Wildman–Crippen LogP) is 7.17. The third kappa shape index (κ3) is 8.30. The van der Waals surface area contributed by atoms with E-state index in [9.17, 15) is 14.8 Å². The molecule has 2 atom stereocenters. The van der Waals surface area contributed by atoms with Gasteiger partial charge < -0.3 is 28.9 Å². The van der Waals surface area contributed by atoms with Gasteiger partial charge in [0.2, 0.25) is 0 Å². The molecule has 0 saturated carbocycles. The smallest absolute Gasteiger partial charge is 0.415 e. The second-order valence-corrected chi connectivity index (χ2v) is 13.5. The summed E-state index contributed by atoms with van der Waals surface area (Å²) in [5.74, 6) is 0.168. The molecule has 52 heavy (non-hydrogen) atoms. The van der Waals surface area contributed by atoms with Crippen molar-refractivity contribution in [2.45, 2.75) is 38.0 Å². The van der Waals surface area contributed by atoms with Gasteiger partial charge in [0.25, 0.3) is 0 Å². The Morgan fingerprint density at radius 2 is 1.63 bits per heavy atom. The lowest BCUT2D eigenvalue weighted by atomic mass is 9.86. The fraction of sp³-hybridized carbons (Fsp3) is 0.342. The number of piperidine rings is 3. The van der Waals surface area contributed by atoms with Crippen molar-refractivity contribution < 1.29 is 42.4 Å². The standard InChI is InChI=1S/C38H38Cl2FN3O8/c1-48-27-9-10-32(31(41)17-27)44(38(46)52-36-22-42-14-12-24(36)13-15-42)19-23-4-6-25(7-5-23)37(45)51-34(18-28-29(39)20-43(47)21-30(28)40)26-8-11-33(49-2)35(16-26)50-3/h4-11,16-17,20-21,24,34,36H,12-15,18-19,22H2,1-3H3/t34?,36-/m0/s1. The Hall–Kier alpha value is -4.78. The molecule has 3 aliphatic heterocycles. The fourth-order valence-corrected chi connectivity index (χ4v) is 7.24. The molecule has 1 unspecified atom stereocenters. The van der Waals surface area contributed by atoms with Crippen molar-refractivity contribution in [3.8, 4) is 17.2 Å². The quantitative estimate of drug-likeness (QED) is 0.0844. The second kappa shape index (κ2) is 16.3. The van der Waals surface area contributed by atoms with Gasteiger partial charge in [-0.15, -0.1) is 0 Å². The van der Waals surface area contributed by atoms with E-state index in [1.165, 1.54) is 50.8 Å². The van der Waals surface area contributed by atoms with Crippen molar-refractivity contribution in [1.82, 2.24) is 4.90 Å². The summed E-state index contributed by atoms with van der Waals surface area (Å²) in [5.41, 5.74) is 1.84. The zero-order valence-electron chi connectivity index (χ0n) is 28.9. The van der Waals surface area contributed by atoms with Crippen LogP contribution in [0.4, 0.5) is 14.9 Å². The molecule has 14 heteroatoms. The van der Waals surface area contributed by atoms with E-state index in [0.717, 1.165) is 25.9 Å². The minimum atomic E-state index is -0.904. The maximum atomic E-state index is 15.4. The summed E-state index contributed by atoms with van der Waals surface area (Å²) in [6, 6.07) is 15.8. The summed E-state index contributed by atoms with van der Waals surface area (Å²) in [4.78, 5) is 30.8. The van der Waals surface area contributed by atoms with Gasteiger partial charge >= 0.3 is 12.1 Å². The van der Waals surface area contributed by atoms with Crippen LogP contribution < -0.4 is 23.8 Å². The SMILES string of the molecule is COc1ccc(N(Cc2ccc(C(=O)OC(Cc3c(Cl)c[n+]([O-])cc3Cl)c3ccc(OC)c(OC)c3)cc2)C(=O)O[C@H]2CN3CCC2CC3)c(F)c1. The van der Waals surface area contributed by atoms with Crippen LogP contribution in [0.1, 0.15) is 46.0 Å². The minimum absolute atomic E-state index is 0.0303. The highest BCUT2D eigenvalue weighted by Gasteiger charge is 2.38. The van der Waals surface area contributed by atoms with E-state index in [4.69, 9.17) is 46.9 Å². The first-order valence-corrected chi connectivity index (χ1v) is 17.4. The molecular formula is C38H38Cl2FN3O8. The molecule has 3 aliphatic rings. The van der Waals surface area contributed by atoms with Crippen molar-refractivity contribution in [3.63, 3.8) is 0 Å². The van der Waals surface area contributed by atoms with Gasteiger partial charge in [0, 0.05) is 24.6 Å². The number of pyridine rings is 1. The third-order valence-electron chi connectivity index (χ3n) is 9.52. The first-order valence-electron chi connectivity index (χ1n) is 16.7. The van der Waals surface area contributed by atoms with E-state index in [-0.39, 0.29) is 46.3 Å². The Bertz CT molecular complexity index is 1900. The molecule has 3 fully saturated rings. The van der Waals surface area contributed by atoms with Gasteiger partial charge in [-0.3, -0.25) is 9.80 Å². The second-order valence-electron chi connectivity index (χ2n) is 12.7. The molecule has 0 aliphatic carbocycles. The zero-order chi connectivity index (χ0) is 36.9. The van der Waals surface area contributed by atoms with Crippen molar-refractivity contribution in [3.05, 3.63) is 116 Å². The molecule has 0 spiro atoms. The number of benzene rings is 3. The maximum absolute atomic E-state index is 15.4. The van der Waals surface area contributed by atoms with Crippen LogP contribution in [0.3, 0.4) is 0 Å². The average Bonchev–Trinajstić information content (AvgIpc) is 3.15. The van der Waals surface area contributed by atoms with Gasteiger partial charge in [0.15, 0.2) is 29.7 Å². The topological polar surface area (TPSA) is 114 Å². The lowest BCUT2D eigenvalue weighted by Gasteiger charge is -2.44. The predicted molar refractivity (Wildman–Crippen MR) is 192 cm³/mol. The van der Waals surface area contributed by atoms with Gasteiger partial charge in [-0.2, -0.15) is 4.73 Å². The number of anilines is 1. The number of hydrogen-bond donors (Lipinski definition) is 0. The first-order chi connectivity index (χ1) is 25.1. The Labute approximate surface area is 310 Å². The normalized spacial score (nSPS) is 18.3. The number of methoxy groups -OCH3 is 3.